The van der Waals surface area contributed by atoms with Crippen molar-refractivity contribution in [3.63, 3.8) is 0 Å². The quantitative estimate of drug-likeness (QED) is 0.0820. The summed E-state index contributed by atoms with van der Waals surface area (Å²) in [5.41, 5.74) is 2.21. The highest BCUT2D eigenvalue weighted by molar-refractivity contribution is 5.93. The second kappa shape index (κ2) is 20.9. The lowest BCUT2D eigenvalue weighted by atomic mass is 9.95. The van der Waals surface area contributed by atoms with Crippen LogP contribution in [0.2, 0.25) is 0 Å². The molecule has 0 fully saturated rings. The molecule has 0 aliphatic heterocycles. The number of aromatic nitrogens is 2. The molecule has 1 aromatic heterocycles. The molecule has 0 saturated carbocycles. The van der Waals surface area contributed by atoms with Gasteiger partial charge < -0.3 is 35.7 Å². The van der Waals surface area contributed by atoms with Crippen LogP contribution in [-0.2, 0) is 38.6 Å². The molecule has 5 atom stereocenters. The summed E-state index contributed by atoms with van der Waals surface area (Å²) in [6.07, 6.45) is 2.46. The summed E-state index contributed by atoms with van der Waals surface area (Å²) >= 11 is 0. The standard InChI is InChI=1S/C42H56N6O6/c1-6-29(5)25-48(7-2)39(50)23-38(49)35(20-28(3)4)45-41(52)37(22-33-24-43-27-44-33)46-40(51)36(47-42(53)54-26-30-14-9-8-10-15-30)21-32-18-13-17-31-16-11-12-19-34(31)32/h8-19,24,27-29,35-38,49H,6-7,20-23,25-26H2,1-5H3,(H,43,44)(H,45,52)(H,46,51)(H,47,53)/t29?,35-,36-,37-,38-/m0/s1. The Morgan fingerprint density at radius 1 is 0.852 bits per heavy atom. The summed E-state index contributed by atoms with van der Waals surface area (Å²) in [5, 5.41) is 21.8. The normalized spacial score (nSPS) is 14.1. The molecule has 12 nitrogen and oxygen atoms in total. The average Bonchev–Trinajstić information content (AvgIpc) is 3.68. The van der Waals surface area contributed by atoms with Gasteiger partial charge in [0.1, 0.15) is 18.7 Å². The first-order valence-electron chi connectivity index (χ1n) is 18.9. The molecule has 1 heterocycles. The monoisotopic (exact) mass is 740 g/mol. The van der Waals surface area contributed by atoms with Crippen LogP contribution in [-0.4, -0.2) is 81.1 Å². The van der Waals surface area contributed by atoms with E-state index in [2.05, 4.69) is 39.8 Å². The number of amides is 4. The number of aromatic amines is 1. The van der Waals surface area contributed by atoms with Crippen molar-refractivity contribution in [1.29, 1.82) is 0 Å². The molecule has 5 N–H and O–H groups in total. The van der Waals surface area contributed by atoms with E-state index in [1.807, 2.05) is 93.6 Å². The summed E-state index contributed by atoms with van der Waals surface area (Å²) in [6.45, 7) is 11.1. The molecule has 4 rings (SSSR count). The van der Waals surface area contributed by atoms with Crippen molar-refractivity contribution in [1.82, 2.24) is 30.8 Å². The molecule has 4 amide bonds. The number of hydrogen-bond acceptors (Lipinski definition) is 7. The number of aliphatic hydroxyl groups is 1. The SMILES string of the molecule is CCC(C)CN(CC)C(=O)C[C@H](O)[C@H](CC(C)C)NC(=O)[C@H](Cc1cnc[nH]1)NC(=O)[C@H](Cc1cccc2ccccc12)NC(=O)OCc1ccccc1. The van der Waals surface area contributed by atoms with Crippen LogP contribution < -0.4 is 16.0 Å². The molecular weight excluding hydrogens is 684 g/mol. The van der Waals surface area contributed by atoms with Crippen molar-refractivity contribution in [3.8, 4) is 0 Å². The smallest absolute Gasteiger partial charge is 0.408 e. The zero-order valence-corrected chi connectivity index (χ0v) is 32.1. The van der Waals surface area contributed by atoms with Gasteiger partial charge in [-0.25, -0.2) is 9.78 Å². The number of carbonyl (C=O) groups is 4. The second-order valence-electron chi connectivity index (χ2n) is 14.4. The Balaban J connectivity index is 1.56. The number of nitrogens with zero attached hydrogens (tertiary/aromatic N) is 2. The van der Waals surface area contributed by atoms with Crippen molar-refractivity contribution in [2.75, 3.05) is 13.1 Å². The zero-order chi connectivity index (χ0) is 39.0. The minimum absolute atomic E-state index is 0.00977. The van der Waals surface area contributed by atoms with Gasteiger partial charge in [0.25, 0.3) is 0 Å². The maximum absolute atomic E-state index is 14.2. The molecule has 1 unspecified atom stereocenters. The van der Waals surface area contributed by atoms with Crippen LogP contribution in [0.15, 0.2) is 85.3 Å². The van der Waals surface area contributed by atoms with E-state index in [-0.39, 0.29) is 37.7 Å². The number of nitrogens with one attached hydrogen (secondary N) is 4. The first-order valence-corrected chi connectivity index (χ1v) is 18.9. The molecule has 4 aromatic rings. The Labute approximate surface area is 318 Å². The van der Waals surface area contributed by atoms with E-state index >= 15 is 0 Å². The third-order valence-corrected chi connectivity index (χ3v) is 9.60. The Morgan fingerprint density at radius 2 is 1.54 bits per heavy atom. The van der Waals surface area contributed by atoms with E-state index in [1.54, 1.807) is 11.1 Å². The lowest BCUT2D eigenvalue weighted by Gasteiger charge is -2.30. The molecule has 0 aliphatic rings. The number of benzene rings is 3. The number of imidazole rings is 1. The van der Waals surface area contributed by atoms with Gasteiger partial charge in [-0.1, -0.05) is 107 Å². The number of fused-ring (bicyclic) bond motifs is 1. The van der Waals surface area contributed by atoms with E-state index in [4.69, 9.17) is 4.74 Å². The van der Waals surface area contributed by atoms with Gasteiger partial charge in [0.2, 0.25) is 17.7 Å². The summed E-state index contributed by atoms with van der Waals surface area (Å²) < 4.78 is 5.49. The lowest BCUT2D eigenvalue weighted by Crippen LogP contribution is -2.57. The van der Waals surface area contributed by atoms with Gasteiger partial charge in [-0.05, 0) is 47.1 Å². The molecular formula is C42H56N6O6. The van der Waals surface area contributed by atoms with E-state index in [0.29, 0.717) is 31.1 Å². The maximum Gasteiger partial charge on any atom is 0.408 e. The van der Waals surface area contributed by atoms with Crippen molar-refractivity contribution in [2.45, 2.75) is 97.6 Å². The van der Waals surface area contributed by atoms with Crippen LogP contribution in [0.4, 0.5) is 4.79 Å². The van der Waals surface area contributed by atoms with Gasteiger partial charge in [-0.15, -0.1) is 0 Å². The van der Waals surface area contributed by atoms with E-state index in [0.717, 1.165) is 28.3 Å². The van der Waals surface area contributed by atoms with Crippen molar-refractivity contribution >= 4 is 34.6 Å². The van der Waals surface area contributed by atoms with E-state index < -0.39 is 42.1 Å². The highest BCUT2D eigenvalue weighted by Crippen LogP contribution is 2.21. The third kappa shape index (κ3) is 12.7. The molecule has 0 spiro atoms. The molecule has 12 heteroatoms. The van der Waals surface area contributed by atoms with Crippen LogP contribution in [0.5, 0.6) is 0 Å². The molecule has 290 valence electrons. The predicted molar refractivity (Wildman–Crippen MR) is 209 cm³/mol. The summed E-state index contributed by atoms with van der Waals surface area (Å²) in [5.74, 6) is -0.929. The van der Waals surface area contributed by atoms with Crippen LogP contribution in [0.3, 0.4) is 0 Å². The minimum Gasteiger partial charge on any atom is -0.445 e. The highest BCUT2D eigenvalue weighted by atomic mass is 16.5. The van der Waals surface area contributed by atoms with Crippen molar-refractivity contribution < 1.29 is 29.0 Å². The first-order chi connectivity index (χ1) is 26.0. The summed E-state index contributed by atoms with van der Waals surface area (Å²) in [4.78, 5) is 63.6. The fourth-order valence-electron chi connectivity index (χ4n) is 6.37. The van der Waals surface area contributed by atoms with Gasteiger partial charge in [0.05, 0.1) is 24.9 Å². The largest absolute Gasteiger partial charge is 0.445 e. The Hall–Kier alpha value is -5.23. The molecule has 3 aromatic carbocycles. The highest BCUT2D eigenvalue weighted by Gasteiger charge is 2.32. The van der Waals surface area contributed by atoms with Gasteiger partial charge in [0, 0.05) is 37.8 Å². The fourth-order valence-corrected chi connectivity index (χ4v) is 6.37. The molecule has 0 radical (unpaired) electrons. The Kier molecular flexibility index (Phi) is 16.0. The summed E-state index contributed by atoms with van der Waals surface area (Å²) in [7, 11) is 0. The van der Waals surface area contributed by atoms with E-state index in [9.17, 15) is 24.3 Å². The van der Waals surface area contributed by atoms with Crippen LogP contribution in [0.25, 0.3) is 10.8 Å². The van der Waals surface area contributed by atoms with Crippen molar-refractivity contribution in [2.24, 2.45) is 11.8 Å². The molecule has 0 saturated heterocycles. The van der Waals surface area contributed by atoms with Crippen LogP contribution in [0, 0.1) is 11.8 Å². The number of ether oxygens (including phenoxy) is 1. The van der Waals surface area contributed by atoms with Gasteiger partial charge in [-0.3, -0.25) is 14.4 Å². The van der Waals surface area contributed by atoms with E-state index in [1.165, 1.54) is 6.33 Å². The first kappa shape index (κ1) is 41.5. The Morgan fingerprint density at radius 3 is 2.22 bits per heavy atom. The lowest BCUT2D eigenvalue weighted by molar-refractivity contribution is -0.135. The number of aliphatic hydroxyl groups excluding tert-OH is 1. The van der Waals surface area contributed by atoms with Crippen LogP contribution >= 0.6 is 0 Å². The molecule has 0 bridgehead atoms. The summed E-state index contributed by atoms with van der Waals surface area (Å²) in [6, 6.07) is 19.8. The van der Waals surface area contributed by atoms with Gasteiger partial charge >= 0.3 is 6.09 Å². The number of H-pyrrole nitrogens is 1. The number of carbonyl (C=O) groups excluding carboxylic acids is 4. The third-order valence-electron chi connectivity index (χ3n) is 9.60. The predicted octanol–water partition coefficient (Wildman–Crippen LogP) is 5.30. The number of rotatable bonds is 20. The Bertz CT molecular complexity index is 1780. The molecule has 54 heavy (non-hydrogen) atoms. The number of alkyl carbamates (subject to hydrolysis) is 1. The van der Waals surface area contributed by atoms with Crippen molar-refractivity contribution in [3.05, 3.63) is 102 Å². The average molecular weight is 741 g/mol. The fraction of sp³-hybridized carbons (Fsp3) is 0.452. The zero-order valence-electron chi connectivity index (χ0n) is 32.1. The van der Waals surface area contributed by atoms with Crippen LogP contribution in [0.1, 0.15) is 70.7 Å². The molecule has 0 aliphatic carbocycles. The maximum atomic E-state index is 14.2. The minimum atomic E-state index is -1.15. The van der Waals surface area contributed by atoms with Gasteiger partial charge in [-0.2, -0.15) is 0 Å². The second-order valence-corrected chi connectivity index (χ2v) is 14.4. The topological polar surface area (TPSA) is 166 Å². The number of hydrogen-bond donors (Lipinski definition) is 5. The van der Waals surface area contributed by atoms with Gasteiger partial charge in [0.15, 0.2) is 0 Å².